The number of aromatic amines is 1. The summed E-state index contributed by atoms with van der Waals surface area (Å²) in [6.07, 6.45) is 3.28. The number of hydrogen-bond acceptors (Lipinski definition) is 8. The first-order valence-electron chi connectivity index (χ1n) is 8.41. The van der Waals surface area contributed by atoms with Crippen molar-refractivity contribution in [2.24, 2.45) is 0 Å². The molecular weight excluding hydrogens is 360 g/mol. The van der Waals surface area contributed by atoms with Gasteiger partial charge in [-0.25, -0.2) is 9.97 Å². The van der Waals surface area contributed by atoms with Crippen molar-refractivity contribution in [2.75, 3.05) is 24.9 Å². The Hall–Kier alpha value is -4.01. The third-order valence-corrected chi connectivity index (χ3v) is 4.10. The minimum Gasteiger partial charge on any atom is -0.504 e. The standard InChI is InChI=1S/C19H18N6O3/c1-27-16-9-13(8-15(26)17(16)28-2)24-19-22-10-21-18(25-19)23-12-4-3-11-5-6-20-14(11)7-12/h3-10,20,26H,1-2H3,(H2,21,22,23,24,25). The molecule has 9 nitrogen and oxygen atoms in total. The molecule has 0 aliphatic heterocycles. The van der Waals surface area contributed by atoms with E-state index in [0.717, 1.165) is 16.6 Å². The summed E-state index contributed by atoms with van der Waals surface area (Å²) in [4.78, 5) is 15.8. The predicted molar refractivity (Wildman–Crippen MR) is 106 cm³/mol. The second-order valence-corrected chi connectivity index (χ2v) is 5.89. The lowest BCUT2D eigenvalue weighted by Crippen LogP contribution is -2.03. The first-order chi connectivity index (χ1) is 13.7. The number of hydrogen-bond donors (Lipinski definition) is 4. The Morgan fingerprint density at radius 2 is 1.71 bits per heavy atom. The normalized spacial score (nSPS) is 10.6. The highest BCUT2D eigenvalue weighted by Gasteiger charge is 2.12. The highest BCUT2D eigenvalue weighted by molar-refractivity contribution is 5.83. The first kappa shape index (κ1) is 17.4. The van der Waals surface area contributed by atoms with Crippen molar-refractivity contribution in [3.63, 3.8) is 0 Å². The minimum atomic E-state index is -0.0593. The highest BCUT2D eigenvalue weighted by atomic mass is 16.5. The van der Waals surface area contributed by atoms with E-state index >= 15 is 0 Å². The second kappa shape index (κ2) is 7.31. The molecule has 2 aromatic carbocycles. The molecule has 4 aromatic rings. The van der Waals surface area contributed by atoms with Crippen LogP contribution in [0.25, 0.3) is 10.9 Å². The highest BCUT2D eigenvalue weighted by Crippen LogP contribution is 2.39. The molecule has 0 spiro atoms. The Kier molecular flexibility index (Phi) is 4.55. The summed E-state index contributed by atoms with van der Waals surface area (Å²) in [5, 5.41) is 17.4. The topological polar surface area (TPSA) is 117 Å². The SMILES string of the molecule is COc1cc(Nc2ncnc(Nc3ccc4cc[nH]c4c3)n2)cc(O)c1OC. The minimum absolute atomic E-state index is 0.0593. The van der Waals surface area contributed by atoms with E-state index in [0.29, 0.717) is 23.3 Å². The Balaban J connectivity index is 1.56. The van der Waals surface area contributed by atoms with E-state index in [1.807, 2.05) is 30.5 Å². The number of methoxy groups -OCH3 is 2. The molecule has 0 saturated carbocycles. The molecule has 2 heterocycles. The Morgan fingerprint density at radius 3 is 2.46 bits per heavy atom. The third-order valence-electron chi connectivity index (χ3n) is 4.10. The molecule has 0 bridgehead atoms. The number of rotatable bonds is 6. The maximum atomic E-state index is 10.1. The third kappa shape index (κ3) is 3.45. The lowest BCUT2D eigenvalue weighted by molar-refractivity contribution is 0.333. The van der Waals surface area contributed by atoms with Crippen molar-refractivity contribution in [3.05, 3.63) is 48.9 Å². The predicted octanol–water partition coefficient (Wildman–Crippen LogP) is 3.56. The summed E-state index contributed by atoms with van der Waals surface area (Å²) in [5.74, 6) is 1.27. The van der Waals surface area contributed by atoms with E-state index in [9.17, 15) is 5.11 Å². The van der Waals surface area contributed by atoms with Crippen LogP contribution in [-0.2, 0) is 0 Å². The number of phenolic OH excluding ortho intramolecular Hbond substituents is 1. The van der Waals surface area contributed by atoms with Gasteiger partial charge in [-0.05, 0) is 23.6 Å². The van der Waals surface area contributed by atoms with Crippen LogP contribution in [0.3, 0.4) is 0 Å². The summed E-state index contributed by atoms with van der Waals surface area (Å²) in [7, 11) is 2.95. The molecule has 28 heavy (non-hydrogen) atoms. The van der Waals surface area contributed by atoms with Crippen LogP contribution < -0.4 is 20.1 Å². The van der Waals surface area contributed by atoms with E-state index in [-0.39, 0.29) is 11.5 Å². The summed E-state index contributed by atoms with van der Waals surface area (Å²) in [6, 6.07) is 11.1. The molecule has 0 aliphatic carbocycles. The average molecular weight is 378 g/mol. The zero-order valence-electron chi connectivity index (χ0n) is 15.2. The van der Waals surface area contributed by atoms with Gasteiger partial charge in [0.2, 0.25) is 17.6 Å². The monoisotopic (exact) mass is 378 g/mol. The van der Waals surface area contributed by atoms with Crippen molar-refractivity contribution < 1.29 is 14.6 Å². The number of fused-ring (bicyclic) bond motifs is 1. The molecule has 0 amide bonds. The van der Waals surface area contributed by atoms with Crippen molar-refractivity contribution in [2.45, 2.75) is 0 Å². The van der Waals surface area contributed by atoms with Gasteiger partial charge in [0.1, 0.15) is 6.33 Å². The van der Waals surface area contributed by atoms with E-state index in [2.05, 4.69) is 30.6 Å². The summed E-state index contributed by atoms with van der Waals surface area (Å²) in [5.41, 5.74) is 2.40. The number of aromatic nitrogens is 4. The van der Waals surface area contributed by atoms with Gasteiger partial charge >= 0.3 is 0 Å². The second-order valence-electron chi connectivity index (χ2n) is 5.89. The molecule has 0 aliphatic rings. The van der Waals surface area contributed by atoms with Gasteiger partial charge in [0.15, 0.2) is 11.5 Å². The molecular formula is C19H18N6O3. The van der Waals surface area contributed by atoms with Gasteiger partial charge in [-0.2, -0.15) is 4.98 Å². The van der Waals surface area contributed by atoms with Gasteiger partial charge in [0, 0.05) is 35.2 Å². The number of ether oxygens (including phenoxy) is 2. The van der Waals surface area contributed by atoms with Gasteiger partial charge in [0.25, 0.3) is 0 Å². The fraction of sp³-hybridized carbons (Fsp3) is 0.105. The summed E-state index contributed by atoms with van der Waals surface area (Å²) < 4.78 is 10.4. The van der Waals surface area contributed by atoms with Crippen LogP contribution >= 0.6 is 0 Å². The number of anilines is 4. The molecule has 9 heteroatoms. The number of phenols is 1. The fourth-order valence-corrected chi connectivity index (χ4v) is 2.82. The van der Waals surface area contributed by atoms with Crippen LogP contribution in [0.2, 0.25) is 0 Å². The van der Waals surface area contributed by atoms with Gasteiger partial charge in [-0.15, -0.1) is 0 Å². The van der Waals surface area contributed by atoms with Crippen molar-refractivity contribution in [1.29, 1.82) is 0 Å². The maximum Gasteiger partial charge on any atom is 0.232 e. The van der Waals surface area contributed by atoms with Gasteiger partial charge in [0.05, 0.1) is 14.2 Å². The Labute approximate surface area is 160 Å². The van der Waals surface area contributed by atoms with Crippen LogP contribution in [0.1, 0.15) is 0 Å². The summed E-state index contributed by atoms with van der Waals surface area (Å²) in [6.45, 7) is 0. The number of benzene rings is 2. The van der Waals surface area contributed by atoms with E-state index in [1.165, 1.54) is 26.6 Å². The molecule has 0 unspecified atom stereocenters. The number of nitrogens with zero attached hydrogens (tertiary/aromatic N) is 3. The van der Waals surface area contributed by atoms with Crippen LogP contribution in [0.4, 0.5) is 23.3 Å². The van der Waals surface area contributed by atoms with Crippen LogP contribution in [-0.4, -0.2) is 39.3 Å². The first-order valence-corrected chi connectivity index (χ1v) is 8.41. The van der Waals surface area contributed by atoms with Gasteiger partial charge in [-0.1, -0.05) is 6.07 Å². The number of nitrogens with one attached hydrogen (secondary N) is 3. The van der Waals surface area contributed by atoms with Crippen molar-refractivity contribution >= 4 is 34.2 Å². The van der Waals surface area contributed by atoms with E-state index in [4.69, 9.17) is 9.47 Å². The van der Waals surface area contributed by atoms with Crippen LogP contribution in [0.5, 0.6) is 17.2 Å². The number of H-pyrrole nitrogens is 1. The fourth-order valence-electron chi connectivity index (χ4n) is 2.82. The van der Waals surface area contributed by atoms with Crippen LogP contribution in [0.15, 0.2) is 48.9 Å². The molecule has 2 aromatic heterocycles. The zero-order chi connectivity index (χ0) is 19.5. The van der Waals surface area contributed by atoms with Crippen molar-refractivity contribution in [1.82, 2.24) is 19.9 Å². The molecule has 0 fully saturated rings. The van der Waals surface area contributed by atoms with E-state index in [1.54, 1.807) is 6.07 Å². The molecule has 0 saturated heterocycles. The molecule has 4 N–H and O–H groups in total. The smallest absolute Gasteiger partial charge is 0.232 e. The molecule has 4 rings (SSSR count). The zero-order valence-corrected chi connectivity index (χ0v) is 15.2. The lowest BCUT2D eigenvalue weighted by Gasteiger charge is -2.12. The number of aromatic hydroxyl groups is 1. The lowest BCUT2D eigenvalue weighted by atomic mass is 10.2. The Bertz CT molecular complexity index is 1130. The molecule has 142 valence electrons. The summed E-state index contributed by atoms with van der Waals surface area (Å²) >= 11 is 0. The Morgan fingerprint density at radius 1 is 0.929 bits per heavy atom. The van der Waals surface area contributed by atoms with Gasteiger partial charge in [-0.3, -0.25) is 0 Å². The van der Waals surface area contributed by atoms with Gasteiger partial charge < -0.3 is 30.2 Å². The van der Waals surface area contributed by atoms with E-state index < -0.39 is 0 Å². The average Bonchev–Trinajstić information content (AvgIpc) is 3.15. The largest absolute Gasteiger partial charge is 0.504 e. The quantitative estimate of drug-likeness (QED) is 0.402. The van der Waals surface area contributed by atoms with Crippen LogP contribution in [0, 0.1) is 0 Å². The molecule has 0 radical (unpaired) electrons. The van der Waals surface area contributed by atoms with Crippen molar-refractivity contribution in [3.8, 4) is 17.2 Å². The maximum absolute atomic E-state index is 10.1. The molecule has 0 atom stereocenters.